The number of thioether (sulfide) groups is 1. The molecular weight excluding hydrogens is 394 g/mol. The number of urea groups is 1. The summed E-state index contributed by atoms with van der Waals surface area (Å²) >= 11 is 2.81. The van der Waals surface area contributed by atoms with Gasteiger partial charge in [0.05, 0.1) is 0 Å². The highest BCUT2D eigenvalue weighted by atomic mass is 32.2. The number of hydrazone groups is 1. The molecular formula is C19H25N5O2S2. The summed E-state index contributed by atoms with van der Waals surface area (Å²) in [5.74, 6) is 0.133. The van der Waals surface area contributed by atoms with Gasteiger partial charge in [-0.3, -0.25) is 5.32 Å². The van der Waals surface area contributed by atoms with Gasteiger partial charge in [-0.05, 0) is 6.07 Å². The van der Waals surface area contributed by atoms with Crippen LogP contribution in [-0.4, -0.2) is 31.4 Å². The van der Waals surface area contributed by atoms with Crippen LogP contribution in [0.4, 0.5) is 9.93 Å². The highest BCUT2D eigenvalue weighted by Gasteiger charge is 2.39. The first-order chi connectivity index (χ1) is 13.0. The van der Waals surface area contributed by atoms with Gasteiger partial charge in [0.25, 0.3) is 0 Å². The average Bonchev–Trinajstić information content (AvgIpc) is 3.21. The number of aromatic hydroxyl groups is 1. The Hall–Kier alpha value is -2.13. The van der Waals surface area contributed by atoms with Gasteiger partial charge < -0.3 is 5.11 Å². The number of aromatic nitrogens is 2. The molecule has 0 saturated heterocycles. The zero-order valence-electron chi connectivity index (χ0n) is 16.8. The molecule has 2 N–H and O–H groups in total. The third kappa shape index (κ3) is 4.30. The van der Waals surface area contributed by atoms with Crippen molar-refractivity contribution in [3.63, 3.8) is 0 Å². The lowest BCUT2D eigenvalue weighted by molar-refractivity contribution is 0.211. The molecule has 28 heavy (non-hydrogen) atoms. The summed E-state index contributed by atoms with van der Waals surface area (Å²) in [7, 11) is 0. The average molecular weight is 420 g/mol. The van der Waals surface area contributed by atoms with Gasteiger partial charge in [-0.15, -0.1) is 10.2 Å². The molecule has 9 heteroatoms. The second kappa shape index (κ2) is 7.36. The van der Waals surface area contributed by atoms with Crippen molar-refractivity contribution in [3.05, 3.63) is 34.8 Å². The molecule has 1 aliphatic rings. The number of carbonyl (C=O) groups is 1. The highest BCUT2D eigenvalue weighted by Crippen LogP contribution is 2.46. The van der Waals surface area contributed by atoms with Gasteiger partial charge in [-0.2, -0.15) is 10.1 Å². The van der Waals surface area contributed by atoms with E-state index in [0.29, 0.717) is 10.7 Å². The molecule has 1 unspecified atom stereocenters. The van der Waals surface area contributed by atoms with Crippen LogP contribution in [0.15, 0.2) is 29.4 Å². The van der Waals surface area contributed by atoms with E-state index in [4.69, 9.17) is 0 Å². The fourth-order valence-corrected chi connectivity index (χ4v) is 4.49. The number of phenolic OH excluding ortho intramolecular Hbond substituents is 1. The summed E-state index contributed by atoms with van der Waals surface area (Å²) in [6.07, 6.45) is 0. The molecule has 7 nitrogen and oxygen atoms in total. The predicted molar refractivity (Wildman–Crippen MR) is 115 cm³/mol. The molecule has 0 fully saturated rings. The molecule has 0 spiro atoms. The maximum Gasteiger partial charge on any atom is 0.345 e. The van der Waals surface area contributed by atoms with Crippen LogP contribution >= 0.6 is 23.1 Å². The number of hydrogen-bond acceptors (Lipinski definition) is 7. The Balaban J connectivity index is 1.89. The molecule has 2 amide bonds. The smallest absolute Gasteiger partial charge is 0.345 e. The zero-order valence-corrected chi connectivity index (χ0v) is 18.5. The summed E-state index contributed by atoms with van der Waals surface area (Å²) in [5.41, 5.74) is 0.281. The number of rotatable bonds is 2. The molecule has 1 atom stereocenters. The van der Waals surface area contributed by atoms with E-state index in [-0.39, 0.29) is 16.6 Å². The van der Waals surface area contributed by atoms with E-state index in [1.807, 2.05) is 47.6 Å². The first-order valence-corrected chi connectivity index (χ1v) is 10.6. The molecule has 1 aliphatic heterocycles. The maximum atomic E-state index is 13.0. The van der Waals surface area contributed by atoms with E-state index < -0.39 is 11.4 Å². The van der Waals surface area contributed by atoms with Crippen LogP contribution < -0.4 is 5.32 Å². The molecule has 0 aliphatic carbocycles. The number of carbonyl (C=O) groups excluding carboxylic acids is 1. The molecule has 150 valence electrons. The maximum absolute atomic E-state index is 13.0. The zero-order chi connectivity index (χ0) is 20.7. The van der Waals surface area contributed by atoms with Crippen LogP contribution in [0.2, 0.25) is 0 Å². The number of benzene rings is 1. The predicted octanol–water partition coefficient (Wildman–Crippen LogP) is 5.18. The second-order valence-electron chi connectivity index (χ2n) is 8.62. The first kappa shape index (κ1) is 20.6. The van der Waals surface area contributed by atoms with E-state index in [1.54, 1.807) is 18.2 Å². The SMILES string of the molecule is CC(C)(C)C1=NN(C(=O)Nc2nnc(C(C)(C)C)s2)C(c2ccccc2O)S1. The van der Waals surface area contributed by atoms with Crippen molar-refractivity contribution in [1.82, 2.24) is 15.2 Å². The van der Waals surface area contributed by atoms with Crippen molar-refractivity contribution in [2.45, 2.75) is 52.3 Å². The standard InChI is InChI=1S/C19H25N5O2S2/c1-18(2,3)14-21-22-16(28-14)20-17(26)24-13(11-9-7-8-10-12(11)25)27-15(23-24)19(4,5)6/h7-10,13,25H,1-6H3,(H,20,22,26). The quantitative estimate of drug-likeness (QED) is 0.700. The molecule has 0 radical (unpaired) electrons. The van der Waals surface area contributed by atoms with Gasteiger partial charge in [0.1, 0.15) is 21.2 Å². The van der Waals surface area contributed by atoms with E-state index in [9.17, 15) is 9.90 Å². The van der Waals surface area contributed by atoms with Crippen molar-refractivity contribution >= 4 is 39.3 Å². The monoisotopic (exact) mass is 419 g/mol. The third-order valence-corrected chi connectivity index (χ3v) is 6.84. The molecule has 1 aromatic heterocycles. The Morgan fingerprint density at radius 2 is 1.79 bits per heavy atom. The fraction of sp³-hybridized carbons (Fsp3) is 0.474. The number of nitrogens with one attached hydrogen (secondary N) is 1. The Morgan fingerprint density at radius 1 is 1.11 bits per heavy atom. The largest absolute Gasteiger partial charge is 0.508 e. The lowest BCUT2D eigenvalue weighted by Gasteiger charge is -2.21. The number of amides is 2. The normalized spacial score (nSPS) is 17.6. The lowest BCUT2D eigenvalue weighted by atomic mass is 9.98. The lowest BCUT2D eigenvalue weighted by Crippen LogP contribution is -2.30. The molecule has 1 aromatic carbocycles. The van der Waals surface area contributed by atoms with Crippen LogP contribution in [0.5, 0.6) is 5.75 Å². The van der Waals surface area contributed by atoms with Crippen molar-refractivity contribution in [2.75, 3.05) is 5.32 Å². The van der Waals surface area contributed by atoms with Crippen LogP contribution in [-0.2, 0) is 5.41 Å². The van der Waals surface area contributed by atoms with Gasteiger partial charge in [-0.25, -0.2) is 4.79 Å². The molecule has 3 rings (SSSR count). The summed E-state index contributed by atoms with van der Waals surface area (Å²) in [6, 6.07) is 6.60. The third-order valence-electron chi connectivity index (χ3n) is 3.98. The van der Waals surface area contributed by atoms with Crippen molar-refractivity contribution < 1.29 is 9.90 Å². The number of para-hydroxylation sites is 1. The minimum absolute atomic E-state index is 0.133. The second-order valence-corrected chi connectivity index (χ2v) is 10.7. The summed E-state index contributed by atoms with van der Waals surface area (Å²) < 4.78 is 0. The minimum atomic E-state index is -0.453. The molecule has 2 aromatic rings. The van der Waals surface area contributed by atoms with Crippen molar-refractivity contribution in [1.29, 1.82) is 0 Å². The van der Waals surface area contributed by atoms with E-state index in [0.717, 1.165) is 10.1 Å². The van der Waals surface area contributed by atoms with E-state index >= 15 is 0 Å². The summed E-state index contributed by atoms with van der Waals surface area (Å²) in [4.78, 5) is 13.0. The van der Waals surface area contributed by atoms with Crippen LogP contribution in [0.3, 0.4) is 0 Å². The fourth-order valence-electron chi connectivity index (χ4n) is 2.43. The van der Waals surface area contributed by atoms with Crippen molar-refractivity contribution in [3.8, 4) is 5.75 Å². The summed E-state index contributed by atoms with van der Waals surface area (Å²) in [5, 5.41) is 28.9. The number of anilines is 1. The Bertz CT molecular complexity index is 912. The highest BCUT2D eigenvalue weighted by molar-refractivity contribution is 8.14. The number of nitrogens with zero attached hydrogens (tertiary/aromatic N) is 4. The van der Waals surface area contributed by atoms with Crippen LogP contribution in [0, 0.1) is 5.41 Å². The topological polar surface area (TPSA) is 90.7 Å². The van der Waals surface area contributed by atoms with Gasteiger partial charge in [0.15, 0.2) is 0 Å². The van der Waals surface area contributed by atoms with Crippen LogP contribution in [0.1, 0.15) is 57.5 Å². The van der Waals surface area contributed by atoms with Crippen LogP contribution in [0.25, 0.3) is 0 Å². The molecule has 2 heterocycles. The Kier molecular flexibility index (Phi) is 5.42. The van der Waals surface area contributed by atoms with E-state index in [1.165, 1.54) is 28.1 Å². The van der Waals surface area contributed by atoms with Gasteiger partial charge in [0.2, 0.25) is 5.13 Å². The Morgan fingerprint density at radius 3 is 2.36 bits per heavy atom. The van der Waals surface area contributed by atoms with Gasteiger partial charge in [0, 0.05) is 16.4 Å². The number of phenols is 1. The number of hydrogen-bond donors (Lipinski definition) is 2. The first-order valence-electron chi connectivity index (χ1n) is 8.94. The van der Waals surface area contributed by atoms with Crippen molar-refractivity contribution in [2.24, 2.45) is 10.5 Å². The minimum Gasteiger partial charge on any atom is -0.508 e. The van der Waals surface area contributed by atoms with Gasteiger partial charge in [-0.1, -0.05) is 82.8 Å². The molecule has 0 bridgehead atoms. The Labute approximate surface area is 173 Å². The molecule has 0 saturated carbocycles. The van der Waals surface area contributed by atoms with Gasteiger partial charge >= 0.3 is 6.03 Å². The van der Waals surface area contributed by atoms with E-state index in [2.05, 4.69) is 20.6 Å². The summed E-state index contributed by atoms with van der Waals surface area (Å²) in [6.45, 7) is 12.3.